The van der Waals surface area contributed by atoms with Crippen molar-refractivity contribution in [3.05, 3.63) is 48.3 Å². The number of rotatable bonds is 7. The Morgan fingerprint density at radius 1 is 1.43 bits per heavy atom. The van der Waals surface area contributed by atoms with Crippen molar-refractivity contribution in [2.75, 3.05) is 19.8 Å². The fraction of sp³-hybridized carbons (Fsp3) is 0.333. The molecule has 1 aromatic heterocycles. The minimum Gasteiger partial charge on any atom is -0.387 e. The van der Waals surface area contributed by atoms with Gasteiger partial charge in [-0.25, -0.2) is 4.68 Å². The third-order valence-electron chi connectivity index (χ3n) is 2.98. The van der Waals surface area contributed by atoms with Gasteiger partial charge in [0.05, 0.1) is 11.8 Å². The Hall–Kier alpha value is -2.18. The molecule has 1 unspecified atom stereocenters. The molecule has 0 saturated heterocycles. The van der Waals surface area contributed by atoms with Crippen LogP contribution in [0, 0.1) is 0 Å². The lowest BCUT2D eigenvalue weighted by atomic mass is 10.1. The molecule has 0 aliphatic rings. The van der Waals surface area contributed by atoms with Gasteiger partial charge in [-0.1, -0.05) is 12.1 Å². The summed E-state index contributed by atoms with van der Waals surface area (Å²) in [5, 5.41) is 16.8. The van der Waals surface area contributed by atoms with Crippen LogP contribution in [0.2, 0.25) is 0 Å². The van der Waals surface area contributed by atoms with Crippen molar-refractivity contribution in [2.45, 2.75) is 13.0 Å². The SMILES string of the molecule is CCOCC(=O)NCC(O)c1ccc(-n2cccn2)cc1. The second-order valence-corrected chi connectivity index (χ2v) is 4.50. The average Bonchev–Trinajstić information content (AvgIpc) is 3.05. The number of carbonyl (C=O) groups excluding carboxylic acids is 1. The zero-order valence-corrected chi connectivity index (χ0v) is 11.9. The Bertz CT molecular complexity index is 552. The van der Waals surface area contributed by atoms with E-state index in [4.69, 9.17) is 4.74 Å². The molecular formula is C15H19N3O3. The topological polar surface area (TPSA) is 76.4 Å². The zero-order chi connectivity index (χ0) is 15.1. The van der Waals surface area contributed by atoms with E-state index in [0.717, 1.165) is 11.3 Å². The number of amides is 1. The lowest BCUT2D eigenvalue weighted by Crippen LogP contribution is -2.31. The van der Waals surface area contributed by atoms with Gasteiger partial charge in [0.15, 0.2) is 0 Å². The van der Waals surface area contributed by atoms with Gasteiger partial charge < -0.3 is 15.2 Å². The number of carbonyl (C=O) groups is 1. The Kier molecular flexibility index (Phi) is 5.48. The number of nitrogens with zero attached hydrogens (tertiary/aromatic N) is 2. The third kappa shape index (κ3) is 4.40. The van der Waals surface area contributed by atoms with Gasteiger partial charge in [-0.2, -0.15) is 5.10 Å². The van der Waals surface area contributed by atoms with Crippen molar-refractivity contribution in [1.29, 1.82) is 0 Å². The number of aliphatic hydroxyl groups is 1. The minimum absolute atomic E-state index is 0.0153. The monoisotopic (exact) mass is 289 g/mol. The number of hydrogen-bond donors (Lipinski definition) is 2. The van der Waals surface area contributed by atoms with Crippen molar-refractivity contribution in [3.63, 3.8) is 0 Å². The highest BCUT2D eigenvalue weighted by atomic mass is 16.5. The molecule has 0 radical (unpaired) electrons. The van der Waals surface area contributed by atoms with Gasteiger partial charge in [0.1, 0.15) is 6.61 Å². The van der Waals surface area contributed by atoms with Gasteiger partial charge in [-0.3, -0.25) is 4.79 Å². The number of ether oxygens (including phenoxy) is 1. The quantitative estimate of drug-likeness (QED) is 0.799. The predicted octanol–water partition coefficient (Wildman–Crippen LogP) is 1.06. The fourth-order valence-corrected chi connectivity index (χ4v) is 1.84. The molecule has 1 atom stereocenters. The molecule has 2 rings (SSSR count). The van der Waals surface area contributed by atoms with E-state index in [2.05, 4.69) is 10.4 Å². The van der Waals surface area contributed by atoms with Gasteiger partial charge in [-0.15, -0.1) is 0 Å². The number of hydrogen-bond acceptors (Lipinski definition) is 4. The van der Waals surface area contributed by atoms with Crippen molar-refractivity contribution in [2.24, 2.45) is 0 Å². The van der Waals surface area contributed by atoms with Crippen molar-refractivity contribution >= 4 is 5.91 Å². The molecule has 0 fully saturated rings. The summed E-state index contributed by atoms with van der Waals surface area (Å²) in [6.45, 7) is 2.49. The maximum atomic E-state index is 11.4. The van der Waals surface area contributed by atoms with E-state index in [1.54, 1.807) is 10.9 Å². The molecular weight excluding hydrogens is 270 g/mol. The summed E-state index contributed by atoms with van der Waals surface area (Å²) in [5.74, 6) is -0.232. The minimum atomic E-state index is -0.748. The van der Waals surface area contributed by atoms with Crippen LogP contribution in [-0.2, 0) is 9.53 Å². The first-order valence-electron chi connectivity index (χ1n) is 6.83. The summed E-state index contributed by atoms with van der Waals surface area (Å²) < 4.78 is 6.72. The lowest BCUT2D eigenvalue weighted by molar-refractivity contribution is -0.126. The average molecular weight is 289 g/mol. The first-order chi connectivity index (χ1) is 10.2. The molecule has 2 aromatic rings. The summed E-state index contributed by atoms with van der Waals surface area (Å²) in [6.07, 6.45) is 2.80. The lowest BCUT2D eigenvalue weighted by Gasteiger charge is -2.13. The third-order valence-corrected chi connectivity index (χ3v) is 2.98. The van der Waals surface area contributed by atoms with Crippen LogP contribution in [0.1, 0.15) is 18.6 Å². The Morgan fingerprint density at radius 2 is 2.19 bits per heavy atom. The number of nitrogens with one attached hydrogen (secondary N) is 1. The first-order valence-corrected chi connectivity index (χ1v) is 6.83. The zero-order valence-electron chi connectivity index (χ0n) is 11.9. The van der Waals surface area contributed by atoms with E-state index >= 15 is 0 Å². The molecule has 0 aliphatic carbocycles. The molecule has 0 spiro atoms. The van der Waals surface area contributed by atoms with E-state index in [1.807, 2.05) is 43.5 Å². The Morgan fingerprint density at radius 3 is 2.81 bits per heavy atom. The standard InChI is InChI=1S/C15H19N3O3/c1-2-21-11-15(20)16-10-14(19)12-4-6-13(7-5-12)18-9-3-8-17-18/h3-9,14,19H,2,10-11H2,1H3,(H,16,20). The highest BCUT2D eigenvalue weighted by Crippen LogP contribution is 2.15. The van der Waals surface area contributed by atoms with Gasteiger partial charge in [0.2, 0.25) is 5.91 Å². The normalized spacial score (nSPS) is 12.1. The van der Waals surface area contributed by atoms with Crippen LogP contribution in [0.25, 0.3) is 5.69 Å². The maximum Gasteiger partial charge on any atom is 0.246 e. The van der Waals surface area contributed by atoms with Crippen LogP contribution < -0.4 is 5.32 Å². The van der Waals surface area contributed by atoms with Crippen LogP contribution in [0.3, 0.4) is 0 Å². The Labute approximate surface area is 123 Å². The molecule has 1 heterocycles. The molecule has 6 nitrogen and oxygen atoms in total. The van der Waals surface area contributed by atoms with Gasteiger partial charge >= 0.3 is 0 Å². The van der Waals surface area contributed by atoms with Crippen LogP contribution in [-0.4, -0.2) is 40.6 Å². The summed E-state index contributed by atoms with van der Waals surface area (Å²) in [5.41, 5.74) is 1.65. The second kappa shape index (κ2) is 7.56. The largest absolute Gasteiger partial charge is 0.387 e. The number of benzene rings is 1. The van der Waals surface area contributed by atoms with Crippen LogP contribution in [0.4, 0.5) is 0 Å². The van der Waals surface area contributed by atoms with Gasteiger partial charge in [0, 0.05) is 25.5 Å². The summed E-state index contributed by atoms with van der Waals surface area (Å²) in [6, 6.07) is 9.21. The summed E-state index contributed by atoms with van der Waals surface area (Å²) in [4.78, 5) is 11.4. The maximum absolute atomic E-state index is 11.4. The fourth-order valence-electron chi connectivity index (χ4n) is 1.84. The first kappa shape index (κ1) is 15.2. The van der Waals surface area contributed by atoms with Crippen molar-refractivity contribution in [1.82, 2.24) is 15.1 Å². The van der Waals surface area contributed by atoms with Crippen LogP contribution >= 0.6 is 0 Å². The number of aliphatic hydroxyl groups excluding tert-OH is 1. The molecule has 1 aromatic carbocycles. The summed E-state index contributed by atoms with van der Waals surface area (Å²) >= 11 is 0. The van der Waals surface area contributed by atoms with E-state index < -0.39 is 6.10 Å². The van der Waals surface area contributed by atoms with E-state index in [0.29, 0.717) is 6.61 Å². The summed E-state index contributed by atoms with van der Waals surface area (Å²) in [7, 11) is 0. The molecule has 112 valence electrons. The highest BCUT2D eigenvalue weighted by Gasteiger charge is 2.09. The van der Waals surface area contributed by atoms with Crippen LogP contribution in [0.5, 0.6) is 0 Å². The van der Waals surface area contributed by atoms with Crippen molar-refractivity contribution in [3.8, 4) is 5.69 Å². The van der Waals surface area contributed by atoms with Crippen LogP contribution in [0.15, 0.2) is 42.7 Å². The number of aromatic nitrogens is 2. The molecule has 6 heteroatoms. The Balaban J connectivity index is 1.88. The van der Waals surface area contributed by atoms with Crippen molar-refractivity contribution < 1.29 is 14.6 Å². The van der Waals surface area contributed by atoms with E-state index in [9.17, 15) is 9.90 Å². The molecule has 21 heavy (non-hydrogen) atoms. The molecule has 0 aliphatic heterocycles. The molecule has 0 saturated carbocycles. The predicted molar refractivity (Wildman–Crippen MR) is 78.0 cm³/mol. The smallest absolute Gasteiger partial charge is 0.246 e. The molecule has 0 bridgehead atoms. The van der Waals surface area contributed by atoms with E-state index in [1.165, 1.54) is 0 Å². The van der Waals surface area contributed by atoms with Gasteiger partial charge in [0.25, 0.3) is 0 Å². The van der Waals surface area contributed by atoms with Gasteiger partial charge in [-0.05, 0) is 30.7 Å². The molecule has 1 amide bonds. The van der Waals surface area contributed by atoms with E-state index in [-0.39, 0.29) is 19.1 Å². The second-order valence-electron chi connectivity index (χ2n) is 4.50. The highest BCUT2D eigenvalue weighted by molar-refractivity contribution is 5.77. The molecule has 2 N–H and O–H groups in total.